The summed E-state index contributed by atoms with van der Waals surface area (Å²) in [5.74, 6) is 0. The van der Waals surface area contributed by atoms with Crippen molar-refractivity contribution in [3.05, 3.63) is 41.5 Å². The Labute approximate surface area is 283 Å². The van der Waals surface area contributed by atoms with Gasteiger partial charge in [0.1, 0.15) is 10.1 Å². The Balaban J connectivity index is 0.00000760. The largest absolute Gasteiger partial charge is 1.00 e. The van der Waals surface area contributed by atoms with E-state index in [0.29, 0.717) is 5.39 Å². The van der Waals surface area contributed by atoms with E-state index in [-0.39, 0.29) is 56.3 Å². The minimum absolute atomic E-state index is 0. The standard InChI is InChI=1S/C34H56O3S.K/c1-3-5-7-9-11-13-15-17-19-21-24-30-28-31(25-22-20-18-16-14-12-10-8-6-4-2)34-32(29-30)26-23-27-33(34)38(35,36)37;/h23,26-29H,3-22,24-25H2,1-2H3,(H,35,36,37);/q;+1/p-1. The quantitative estimate of drug-likeness (QED) is 0.0767. The summed E-state index contributed by atoms with van der Waals surface area (Å²) in [4.78, 5) is -0.0532. The minimum atomic E-state index is -4.50. The molecule has 0 saturated carbocycles. The molecular weight excluding hydrogens is 528 g/mol. The molecule has 0 fully saturated rings. The van der Waals surface area contributed by atoms with E-state index in [4.69, 9.17) is 0 Å². The van der Waals surface area contributed by atoms with Gasteiger partial charge in [-0.3, -0.25) is 0 Å². The first-order valence-electron chi connectivity index (χ1n) is 16.0. The summed E-state index contributed by atoms with van der Waals surface area (Å²) < 4.78 is 36.1. The van der Waals surface area contributed by atoms with Crippen LogP contribution in [-0.4, -0.2) is 13.0 Å². The van der Waals surface area contributed by atoms with E-state index in [1.54, 1.807) is 6.07 Å². The maximum Gasteiger partial charge on any atom is 1.00 e. The number of rotatable bonds is 23. The van der Waals surface area contributed by atoms with Gasteiger partial charge in [-0.1, -0.05) is 154 Å². The first-order valence-corrected chi connectivity index (χ1v) is 17.4. The number of benzene rings is 2. The Bertz CT molecular complexity index is 1000. The SMILES string of the molecule is CCCCCCCCCCCCc1cc(CCCCCCCCCCCC)c2c(S(=O)(=O)[O-])cccc2c1.[K+]. The average molecular weight is 583 g/mol. The van der Waals surface area contributed by atoms with Gasteiger partial charge in [-0.05, 0) is 48.3 Å². The number of unbranched alkanes of at least 4 members (excludes halogenated alkanes) is 18. The number of hydrogen-bond acceptors (Lipinski definition) is 3. The normalized spacial score (nSPS) is 11.7. The van der Waals surface area contributed by atoms with E-state index in [1.807, 2.05) is 6.07 Å². The Morgan fingerprint density at radius 1 is 0.590 bits per heavy atom. The van der Waals surface area contributed by atoms with Crippen molar-refractivity contribution >= 4 is 20.9 Å². The van der Waals surface area contributed by atoms with Gasteiger partial charge in [0, 0.05) is 5.39 Å². The van der Waals surface area contributed by atoms with Gasteiger partial charge in [-0.25, -0.2) is 8.42 Å². The predicted octanol–water partition coefficient (Wildman–Crippen LogP) is 7.67. The summed E-state index contributed by atoms with van der Waals surface area (Å²) in [6, 6.07) is 9.46. The van der Waals surface area contributed by atoms with Gasteiger partial charge in [-0.2, -0.15) is 0 Å². The third-order valence-electron chi connectivity index (χ3n) is 7.97. The second-order valence-corrected chi connectivity index (χ2v) is 12.8. The van der Waals surface area contributed by atoms with Crippen LogP contribution in [0.4, 0.5) is 0 Å². The Hall–Kier alpha value is 0.246. The van der Waals surface area contributed by atoms with Crippen LogP contribution in [0.5, 0.6) is 0 Å². The average Bonchev–Trinajstić information content (AvgIpc) is 2.89. The van der Waals surface area contributed by atoms with Crippen molar-refractivity contribution in [2.45, 2.75) is 160 Å². The molecule has 0 atom stereocenters. The topological polar surface area (TPSA) is 57.2 Å². The van der Waals surface area contributed by atoms with E-state index in [9.17, 15) is 13.0 Å². The van der Waals surface area contributed by atoms with E-state index < -0.39 is 10.1 Å². The van der Waals surface area contributed by atoms with E-state index in [1.165, 1.54) is 127 Å². The Kier molecular flexibility index (Phi) is 21.8. The number of fused-ring (bicyclic) bond motifs is 1. The summed E-state index contributed by atoms with van der Waals surface area (Å²) in [5, 5.41) is 1.55. The zero-order valence-electron chi connectivity index (χ0n) is 25.6. The fourth-order valence-corrected chi connectivity index (χ4v) is 6.46. The number of hydrogen-bond donors (Lipinski definition) is 0. The third kappa shape index (κ3) is 15.9. The van der Waals surface area contributed by atoms with Crippen molar-refractivity contribution < 1.29 is 64.4 Å². The molecule has 0 aliphatic heterocycles. The van der Waals surface area contributed by atoms with Crippen LogP contribution in [-0.2, 0) is 23.0 Å². The molecule has 2 aromatic rings. The molecule has 0 amide bonds. The van der Waals surface area contributed by atoms with Crippen LogP contribution in [0.15, 0.2) is 35.2 Å². The van der Waals surface area contributed by atoms with Gasteiger partial charge in [0.05, 0.1) is 4.90 Å². The summed E-state index contributed by atoms with van der Waals surface area (Å²) in [7, 11) is -4.50. The molecule has 2 rings (SSSR count). The van der Waals surface area contributed by atoms with Crippen LogP contribution >= 0.6 is 0 Å². The Morgan fingerprint density at radius 2 is 1.03 bits per heavy atom. The predicted molar refractivity (Wildman–Crippen MR) is 163 cm³/mol. The van der Waals surface area contributed by atoms with E-state index in [0.717, 1.165) is 36.6 Å². The Morgan fingerprint density at radius 3 is 1.49 bits per heavy atom. The first-order chi connectivity index (χ1) is 18.5. The van der Waals surface area contributed by atoms with Crippen LogP contribution in [0.2, 0.25) is 0 Å². The van der Waals surface area contributed by atoms with Crippen molar-refractivity contribution in [1.29, 1.82) is 0 Å². The summed E-state index contributed by atoms with van der Waals surface area (Å²) in [6.45, 7) is 4.52. The van der Waals surface area contributed by atoms with Gasteiger partial charge >= 0.3 is 51.4 Å². The molecule has 0 spiro atoms. The van der Waals surface area contributed by atoms with Crippen molar-refractivity contribution in [2.24, 2.45) is 0 Å². The monoisotopic (exact) mass is 582 g/mol. The molecule has 39 heavy (non-hydrogen) atoms. The summed E-state index contributed by atoms with van der Waals surface area (Å²) >= 11 is 0. The zero-order chi connectivity index (χ0) is 27.5. The zero-order valence-corrected chi connectivity index (χ0v) is 29.5. The van der Waals surface area contributed by atoms with Crippen LogP contribution in [0.25, 0.3) is 10.8 Å². The molecule has 0 unspecified atom stereocenters. The molecule has 0 aromatic heterocycles. The molecule has 0 saturated heterocycles. The molecule has 0 bridgehead atoms. The second-order valence-electron chi connectivity index (χ2n) is 11.4. The molecule has 3 nitrogen and oxygen atoms in total. The maximum atomic E-state index is 12.0. The third-order valence-corrected chi connectivity index (χ3v) is 8.85. The molecule has 0 aliphatic rings. The molecule has 2 aromatic carbocycles. The van der Waals surface area contributed by atoms with E-state index >= 15 is 0 Å². The minimum Gasteiger partial charge on any atom is -0.744 e. The van der Waals surface area contributed by atoms with Gasteiger partial charge < -0.3 is 4.55 Å². The van der Waals surface area contributed by atoms with Crippen molar-refractivity contribution in [2.75, 3.05) is 0 Å². The van der Waals surface area contributed by atoms with Crippen LogP contribution in [0, 0.1) is 0 Å². The van der Waals surface area contributed by atoms with Crippen molar-refractivity contribution in [1.82, 2.24) is 0 Å². The molecule has 0 radical (unpaired) electrons. The molecule has 0 aliphatic carbocycles. The smallest absolute Gasteiger partial charge is 0.744 e. The maximum absolute atomic E-state index is 12.0. The van der Waals surface area contributed by atoms with Crippen molar-refractivity contribution in [3.8, 4) is 0 Å². The fraction of sp³-hybridized carbons (Fsp3) is 0.706. The molecule has 0 N–H and O–H groups in total. The van der Waals surface area contributed by atoms with Gasteiger partial charge in [-0.15, -0.1) is 0 Å². The van der Waals surface area contributed by atoms with Crippen LogP contribution in [0.1, 0.15) is 153 Å². The van der Waals surface area contributed by atoms with Gasteiger partial charge in [0.15, 0.2) is 0 Å². The second kappa shape index (κ2) is 22.8. The van der Waals surface area contributed by atoms with Gasteiger partial charge in [0.25, 0.3) is 0 Å². The van der Waals surface area contributed by atoms with Crippen molar-refractivity contribution in [3.63, 3.8) is 0 Å². The molecule has 216 valence electrons. The fourth-order valence-electron chi connectivity index (χ4n) is 5.72. The van der Waals surface area contributed by atoms with Crippen LogP contribution < -0.4 is 51.4 Å². The molecule has 5 heteroatoms. The summed E-state index contributed by atoms with van der Waals surface area (Å²) in [6.07, 6.45) is 27.8. The molecular formula is C34H55KO3S. The number of aryl methyl sites for hydroxylation is 2. The summed E-state index contributed by atoms with van der Waals surface area (Å²) in [5.41, 5.74) is 2.32. The molecule has 0 heterocycles. The first kappa shape index (κ1) is 37.3. The van der Waals surface area contributed by atoms with Crippen LogP contribution in [0.3, 0.4) is 0 Å². The van der Waals surface area contributed by atoms with E-state index in [2.05, 4.69) is 26.0 Å². The van der Waals surface area contributed by atoms with Gasteiger partial charge in [0.2, 0.25) is 0 Å².